The van der Waals surface area contributed by atoms with Crippen LogP contribution < -0.4 is 10.9 Å². The molecule has 2 aromatic heterocycles. The number of halogens is 4. The standard InChI is InChI=1S/C31H28Cl2F2N4O3/c1-3-7-37-29(21-5-4-6-22(28(21)35)30(41)38-19-10-20(40)11-19)26(34)15-39-16(2)8-25(27(33)31(39)42)24-12-23(24)17-9-18(32)14-36-13-17/h3-9,13-15,19-20,23-24,40H,10-12H2,1-2H3,(H,38,41)/b7-3+,26-15-,37-29+. The maximum Gasteiger partial charge on any atom is 0.273 e. The summed E-state index contributed by atoms with van der Waals surface area (Å²) in [6.07, 6.45) is 8.06. The van der Waals surface area contributed by atoms with E-state index in [0.717, 1.165) is 22.8 Å². The number of aliphatic hydroxyl groups is 1. The van der Waals surface area contributed by atoms with E-state index in [0.29, 0.717) is 29.1 Å². The molecule has 5 rings (SSSR count). The van der Waals surface area contributed by atoms with Crippen molar-refractivity contribution in [3.05, 3.63) is 115 Å². The Morgan fingerprint density at radius 3 is 2.60 bits per heavy atom. The van der Waals surface area contributed by atoms with Gasteiger partial charge in [-0.25, -0.2) is 8.78 Å². The van der Waals surface area contributed by atoms with E-state index >= 15 is 8.78 Å². The summed E-state index contributed by atoms with van der Waals surface area (Å²) in [7, 11) is 0. The van der Waals surface area contributed by atoms with E-state index in [1.165, 1.54) is 30.5 Å². The van der Waals surface area contributed by atoms with Crippen LogP contribution in [0.3, 0.4) is 0 Å². The van der Waals surface area contributed by atoms with Gasteiger partial charge in [0.1, 0.15) is 16.6 Å². The number of aliphatic imine (C=N–C) groups is 1. The van der Waals surface area contributed by atoms with Crippen molar-refractivity contribution in [3.63, 3.8) is 0 Å². The third-order valence-electron chi connectivity index (χ3n) is 7.52. The molecule has 2 heterocycles. The molecular formula is C31H28Cl2F2N4O3. The highest BCUT2D eigenvalue weighted by Gasteiger charge is 2.42. The summed E-state index contributed by atoms with van der Waals surface area (Å²) in [6.45, 7) is 3.31. The summed E-state index contributed by atoms with van der Waals surface area (Å²) in [5.41, 5.74) is 0.452. The summed E-state index contributed by atoms with van der Waals surface area (Å²) in [5.74, 6) is -2.55. The first-order valence-electron chi connectivity index (χ1n) is 13.5. The Balaban J connectivity index is 1.46. The van der Waals surface area contributed by atoms with Gasteiger partial charge in [0.25, 0.3) is 11.5 Å². The second kappa shape index (κ2) is 12.3. The van der Waals surface area contributed by atoms with Gasteiger partial charge in [-0.1, -0.05) is 35.3 Å². The fourth-order valence-electron chi connectivity index (χ4n) is 5.16. The van der Waals surface area contributed by atoms with Gasteiger partial charge in [-0.05, 0) is 80.3 Å². The number of aryl methyl sites for hydroxylation is 1. The maximum atomic E-state index is 15.9. The quantitative estimate of drug-likeness (QED) is 0.291. The highest BCUT2D eigenvalue weighted by Crippen LogP contribution is 2.55. The average molecular weight is 613 g/mol. The number of nitrogens with one attached hydrogen (secondary N) is 1. The van der Waals surface area contributed by atoms with Gasteiger partial charge in [0.05, 0.1) is 22.9 Å². The molecule has 2 aliphatic carbocycles. The second-order valence-electron chi connectivity index (χ2n) is 10.5. The van der Waals surface area contributed by atoms with Gasteiger partial charge in [-0.15, -0.1) is 0 Å². The number of aliphatic hydroxyl groups excluding tert-OH is 1. The SMILES string of the molecule is C/C=C/N=C(/C(F)=C/n1c(C)cc(C2CC2c2cncc(Cl)c2)c(Cl)c1=O)c1cccc(C(=O)NC2CC(O)C2)c1F. The van der Waals surface area contributed by atoms with Crippen molar-refractivity contribution in [2.24, 2.45) is 4.99 Å². The smallest absolute Gasteiger partial charge is 0.273 e. The molecule has 42 heavy (non-hydrogen) atoms. The molecule has 0 saturated heterocycles. The molecular weight excluding hydrogens is 585 g/mol. The predicted molar refractivity (Wildman–Crippen MR) is 159 cm³/mol. The van der Waals surface area contributed by atoms with Gasteiger partial charge in [-0.2, -0.15) is 0 Å². The van der Waals surface area contributed by atoms with Crippen LogP contribution in [0, 0.1) is 12.7 Å². The molecule has 3 aromatic rings. The number of amides is 1. The minimum absolute atomic E-state index is 0.00867. The van der Waals surface area contributed by atoms with E-state index in [1.807, 2.05) is 6.07 Å². The normalized spacial score (nSPS) is 22.3. The molecule has 11 heteroatoms. The lowest BCUT2D eigenvalue weighted by Gasteiger charge is -2.32. The molecule has 0 bridgehead atoms. The van der Waals surface area contributed by atoms with Crippen molar-refractivity contribution >= 4 is 41.0 Å². The van der Waals surface area contributed by atoms with Crippen LogP contribution in [0.15, 0.2) is 70.6 Å². The molecule has 0 aliphatic heterocycles. The molecule has 7 nitrogen and oxygen atoms in total. The summed E-state index contributed by atoms with van der Waals surface area (Å²) < 4.78 is 32.5. The van der Waals surface area contributed by atoms with Gasteiger partial charge < -0.3 is 10.4 Å². The van der Waals surface area contributed by atoms with Crippen molar-refractivity contribution < 1.29 is 18.7 Å². The Morgan fingerprint density at radius 2 is 1.90 bits per heavy atom. The summed E-state index contributed by atoms with van der Waals surface area (Å²) >= 11 is 12.6. The molecule has 2 unspecified atom stereocenters. The lowest BCUT2D eigenvalue weighted by Crippen LogP contribution is -2.46. The maximum absolute atomic E-state index is 15.9. The zero-order valence-corrected chi connectivity index (χ0v) is 24.3. The topological polar surface area (TPSA) is 96.6 Å². The Kier molecular flexibility index (Phi) is 8.73. The average Bonchev–Trinajstić information content (AvgIpc) is 3.74. The first-order chi connectivity index (χ1) is 20.1. The molecule has 2 atom stereocenters. The van der Waals surface area contributed by atoms with E-state index in [9.17, 15) is 14.7 Å². The monoisotopic (exact) mass is 612 g/mol. The number of pyridine rings is 2. The predicted octanol–water partition coefficient (Wildman–Crippen LogP) is 6.31. The van der Waals surface area contributed by atoms with Gasteiger partial charge in [-0.3, -0.25) is 24.1 Å². The third kappa shape index (κ3) is 6.09. The van der Waals surface area contributed by atoms with Gasteiger partial charge >= 0.3 is 0 Å². The Hall–Kier alpha value is -3.66. The van der Waals surface area contributed by atoms with Crippen LogP contribution in [0.1, 0.15) is 70.8 Å². The van der Waals surface area contributed by atoms with E-state index in [4.69, 9.17) is 23.2 Å². The van der Waals surface area contributed by atoms with Crippen molar-refractivity contribution in [2.75, 3.05) is 0 Å². The Bertz CT molecular complexity index is 1700. The Labute approximate surface area is 251 Å². The number of hydrogen-bond acceptors (Lipinski definition) is 5. The number of hydrogen-bond donors (Lipinski definition) is 2. The van der Waals surface area contributed by atoms with Gasteiger partial charge in [0, 0.05) is 35.9 Å². The summed E-state index contributed by atoms with van der Waals surface area (Å²) in [4.78, 5) is 34.2. The highest BCUT2D eigenvalue weighted by molar-refractivity contribution is 6.31. The number of allylic oxidation sites excluding steroid dienone is 2. The molecule has 218 valence electrons. The number of aromatic nitrogens is 2. The van der Waals surface area contributed by atoms with Crippen molar-refractivity contribution in [1.29, 1.82) is 0 Å². The molecule has 0 radical (unpaired) electrons. The first kappa shape index (κ1) is 29.8. The number of rotatable bonds is 8. The molecule has 1 aromatic carbocycles. The number of benzene rings is 1. The van der Waals surface area contributed by atoms with E-state index in [2.05, 4.69) is 15.3 Å². The zero-order chi connectivity index (χ0) is 30.1. The van der Waals surface area contributed by atoms with Crippen LogP contribution in [0.4, 0.5) is 8.78 Å². The van der Waals surface area contributed by atoms with Crippen molar-refractivity contribution in [1.82, 2.24) is 14.9 Å². The minimum atomic E-state index is -1.00. The summed E-state index contributed by atoms with van der Waals surface area (Å²) in [6, 6.07) is 7.32. The largest absolute Gasteiger partial charge is 0.393 e. The van der Waals surface area contributed by atoms with Crippen LogP contribution in [0.2, 0.25) is 10.0 Å². The van der Waals surface area contributed by atoms with Gasteiger partial charge in [0.2, 0.25) is 0 Å². The van der Waals surface area contributed by atoms with E-state index < -0.39 is 34.9 Å². The van der Waals surface area contributed by atoms with Crippen molar-refractivity contribution in [2.45, 2.75) is 57.1 Å². The highest BCUT2D eigenvalue weighted by atomic mass is 35.5. The third-order valence-corrected chi connectivity index (χ3v) is 8.10. The molecule has 2 N–H and O–H groups in total. The zero-order valence-electron chi connectivity index (χ0n) is 22.8. The van der Waals surface area contributed by atoms with E-state index in [-0.39, 0.29) is 34.0 Å². The summed E-state index contributed by atoms with van der Waals surface area (Å²) in [5, 5.41) is 12.6. The molecule has 2 aliphatic rings. The number of carbonyl (C=O) groups excluding carboxylic acids is 1. The van der Waals surface area contributed by atoms with Crippen LogP contribution in [0.25, 0.3) is 6.20 Å². The molecule has 2 saturated carbocycles. The van der Waals surface area contributed by atoms with Crippen LogP contribution >= 0.6 is 23.2 Å². The van der Waals surface area contributed by atoms with Gasteiger partial charge in [0.15, 0.2) is 5.83 Å². The molecule has 0 spiro atoms. The fourth-order valence-corrected chi connectivity index (χ4v) is 5.63. The van der Waals surface area contributed by atoms with Crippen LogP contribution in [-0.4, -0.2) is 38.4 Å². The minimum Gasteiger partial charge on any atom is -0.393 e. The molecule has 2 fully saturated rings. The van der Waals surface area contributed by atoms with Crippen LogP contribution in [0.5, 0.6) is 0 Å². The Morgan fingerprint density at radius 1 is 1.17 bits per heavy atom. The first-order valence-corrected chi connectivity index (χ1v) is 14.2. The lowest BCUT2D eigenvalue weighted by molar-refractivity contribution is 0.0561. The number of carbonyl (C=O) groups is 1. The fraction of sp³-hybridized carbons (Fsp3) is 0.290. The lowest BCUT2D eigenvalue weighted by atomic mass is 9.89. The second-order valence-corrected chi connectivity index (χ2v) is 11.3. The molecule has 1 amide bonds. The van der Waals surface area contributed by atoms with Crippen molar-refractivity contribution in [3.8, 4) is 0 Å². The van der Waals surface area contributed by atoms with Crippen LogP contribution in [-0.2, 0) is 0 Å². The number of nitrogens with zero attached hydrogens (tertiary/aromatic N) is 3. The van der Waals surface area contributed by atoms with E-state index in [1.54, 1.807) is 32.3 Å².